The van der Waals surface area contributed by atoms with Crippen molar-refractivity contribution in [3.63, 3.8) is 0 Å². The van der Waals surface area contributed by atoms with E-state index >= 15 is 0 Å². The van der Waals surface area contributed by atoms with Crippen LogP contribution in [0.2, 0.25) is 0 Å². The van der Waals surface area contributed by atoms with Crippen LogP contribution in [0.15, 0.2) is 23.3 Å². The Balaban J connectivity index is 2.29. The molecule has 13 heavy (non-hydrogen) atoms. The molecule has 1 aliphatic rings. The molecule has 1 rings (SSSR count). The molecule has 74 valence electrons. The van der Waals surface area contributed by atoms with Gasteiger partial charge in [-0.1, -0.05) is 30.2 Å². The third-order valence-electron chi connectivity index (χ3n) is 2.72. The highest BCUT2D eigenvalue weighted by Gasteiger charge is 2.09. The normalized spacial score (nSPS) is 22.4. The fourth-order valence-corrected chi connectivity index (χ4v) is 1.96. The van der Waals surface area contributed by atoms with Crippen molar-refractivity contribution in [3.8, 4) is 0 Å². The topological polar surface area (TPSA) is 0 Å². The highest BCUT2D eigenvalue weighted by atomic mass is 14.1. The maximum atomic E-state index is 2.46. The fourth-order valence-electron chi connectivity index (χ4n) is 1.96. The summed E-state index contributed by atoms with van der Waals surface area (Å²) < 4.78 is 0. The van der Waals surface area contributed by atoms with Crippen LogP contribution < -0.4 is 0 Å². The molecule has 0 heteroatoms. The van der Waals surface area contributed by atoms with E-state index < -0.39 is 0 Å². The summed E-state index contributed by atoms with van der Waals surface area (Å²) in [5.74, 6) is 0.923. The Hall–Kier alpha value is -0.520. The van der Waals surface area contributed by atoms with Crippen molar-refractivity contribution in [3.05, 3.63) is 23.3 Å². The van der Waals surface area contributed by atoms with Gasteiger partial charge in [0.25, 0.3) is 0 Å². The van der Waals surface area contributed by atoms with Gasteiger partial charge in [-0.2, -0.15) is 0 Å². The van der Waals surface area contributed by atoms with Gasteiger partial charge in [-0.15, -0.1) is 0 Å². The van der Waals surface area contributed by atoms with Crippen LogP contribution in [0.5, 0.6) is 0 Å². The summed E-state index contributed by atoms with van der Waals surface area (Å²) in [6.45, 7) is 6.73. The van der Waals surface area contributed by atoms with E-state index in [2.05, 4.69) is 32.9 Å². The zero-order valence-electron chi connectivity index (χ0n) is 9.27. The van der Waals surface area contributed by atoms with E-state index in [0.29, 0.717) is 0 Å². The quantitative estimate of drug-likeness (QED) is 0.559. The maximum Gasteiger partial charge on any atom is -0.0285 e. The van der Waals surface area contributed by atoms with E-state index in [0.717, 1.165) is 5.92 Å². The average molecular weight is 178 g/mol. The molecular weight excluding hydrogens is 156 g/mol. The first kappa shape index (κ1) is 10.6. The van der Waals surface area contributed by atoms with Gasteiger partial charge < -0.3 is 0 Å². The molecule has 0 aromatic heterocycles. The summed E-state index contributed by atoms with van der Waals surface area (Å²) in [4.78, 5) is 0. The predicted octanol–water partition coefficient (Wildman–Crippen LogP) is 4.48. The lowest BCUT2D eigenvalue weighted by molar-refractivity contribution is 0.500. The van der Waals surface area contributed by atoms with Crippen LogP contribution in [0, 0.1) is 5.92 Å². The van der Waals surface area contributed by atoms with E-state index in [4.69, 9.17) is 0 Å². The minimum atomic E-state index is 0.923. The number of hydrogen-bond donors (Lipinski definition) is 0. The average Bonchev–Trinajstić information content (AvgIpc) is 2.03. The summed E-state index contributed by atoms with van der Waals surface area (Å²) in [5.41, 5.74) is 3.14. The lowest BCUT2D eigenvalue weighted by Crippen LogP contribution is -2.02. The van der Waals surface area contributed by atoms with Crippen LogP contribution >= 0.6 is 0 Å². The SMILES string of the molecule is CC(C)=CCCC1=CCCC(C)C1. The molecule has 0 heterocycles. The lowest BCUT2D eigenvalue weighted by atomic mass is 9.88. The second kappa shape index (κ2) is 5.26. The molecular formula is C13H22. The fraction of sp³-hybridized carbons (Fsp3) is 0.692. The largest absolute Gasteiger partial charge is 0.0856 e. The van der Waals surface area contributed by atoms with E-state index in [1.165, 1.54) is 37.7 Å². The van der Waals surface area contributed by atoms with Crippen LogP contribution in [0.3, 0.4) is 0 Å². The Morgan fingerprint density at radius 3 is 2.92 bits per heavy atom. The number of rotatable bonds is 3. The van der Waals surface area contributed by atoms with Gasteiger partial charge in [0.1, 0.15) is 0 Å². The molecule has 0 aliphatic heterocycles. The van der Waals surface area contributed by atoms with Gasteiger partial charge >= 0.3 is 0 Å². The highest BCUT2D eigenvalue weighted by Crippen LogP contribution is 2.26. The third-order valence-corrected chi connectivity index (χ3v) is 2.72. The second-order valence-corrected chi connectivity index (χ2v) is 4.57. The molecule has 0 spiro atoms. The van der Waals surface area contributed by atoms with E-state index in [1.807, 2.05) is 0 Å². The molecule has 0 fully saturated rings. The molecule has 1 atom stereocenters. The maximum absolute atomic E-state index is 2.46. The van der Waals surface area contributed by atoms with Crippen molar-refractivity contribution in [2.24, 2.45) is 5.92 Å². The Bertz CT molecular complexity index is 204. The van der Waals surface area contributed by atoms with Crippen LogP contribution in [0.1, 0.15) is 52.9 Å². The van der Waals surface area contributed by atoms with Crippen LogP contribution in [0.4, 0.5) is 0 Å². The molecule has 0 aromatic carbocycles. The lowest BCUT2D eigenvalue weighted by Gasteiger charge is -2.18. The molecule has 0 amide bonds. The summed E-state index contributed by atoms with van der Waals surface area (Å²) in [7, 11) is 0. The monoisotopic (exact) mass is 178 g/mol. The molecule has 0 N–H and O–H groups in total. The second-order valence-electron chi connectivity index (χ2n) is 4.57. The molecule has 0 aromatic rings. The Morgan fingerprint density at radius 2 is 2.31 bits per heavy atom. The van der Waals surface area contributed by atoms with Crippen molar-refractivity contribution in [2.45, 2.75) is 52.9 Å². The van der Waals surface area contributed by atoms with Crippen molar-refractivity contribution in [1.82, 2.24) is 0 Å². The molecule has 0 bridgehead atoms. The first-order chi connectivity index (χ1) is 6.18. The molecule has 0 nitrogen and oxygen atoms in total. The number of allylic oxidation sites excluding steroid dienone is 4. The molecule has 1 unspecified atom stereocenters. The predicted molar refractivity (Wildman–Crippen MR) is 59.8 cm³/mol. The summed E-state index contributed by atoms with van der Waals surface area (Å²) in [5, 5.41) is 0. The van der Waals surface area contributed by atoms with Gasteiger partial charge in [-0.25, -0.2) is 0 Å². The highest BCUT2D eigenvalue weighted by molar-refractivity contribution is 5.08. The van der Waals surface area contributed by atoms with Crippen molar-refractivity contribution in [2.75, 3.05) is 0 Å². The van der Waals surface area contributed by atoms with Crippen LogP contribution in [0.25, 0.3) is 0 Å². The standard InChI is InChI=1S/C13H22/c1-11(2)6-4-8-13-9-5-7-12(3)10-13/h6,9,12H,4-5,7-8,10H2,1-3H3. The van der Waals surface area contributed by atoms with E-state index in [1.54, 1.807) is 5.57 Å². The smallest absolute Gasteiger partial charge is 0.0285 e. The summed E-state index contributed by atoms with van der Waals surface area (Å²) in [6, 6.07) is 0. The van der Waals surface area contributed by atoms with Gasteiger partial charge in [0.2, 0.25) is 0 Å². The van der Waals surface area contributed by atoms with E-state index in [-0.39, 0.29) is 0 Å². The zero-order valence-corrected chi connectivity index (χ0v) is 9.27. The van der Waals surface area contributed by atoms with E-state index in [9.17, 15) is 0 Å². The van der Waals surface area contributed by atoms with Crippen molar-refractivity contribution in [1.29, 1.82) is 0 Å². The van der Waals surface area contributed by atoms with Crippen LogP contribution in [-0.4, -0.2) is 0 Å². The number of hydrogen-bond acceptors (Lipinski definition) is 0. The van der Waals surface area contributed by atoms with Gasteiger partial charge in [0.05, 0.1) is 0 Å². The molecule has 0 radical (unpaired) electrons. The van der Waals surface area contributed by atoms with Gasteiger partial charge in [-0.3, -0.25) is 0 Å². The molecule has 1 aliphatic carbocycles. The summed E-state index contributed by atoms with van der Waals surface area (Å²) in [6.07, 6.45) is 11.4. The van der Waals surface area contributed by atoms with Crippen molar-refractivity contribution < 1.29 is 0 Å². The van der Waals surface area contributed by atoms with Gasteiger partial charge in [0, 0.05) is 0 Å². The van der Waals surface area contributed by atoms with Crippen molar-refractivity contribution >= 4 is 0 Å². The Labute approximate surface area is 82.7 Å². The van der Waals surface area contributed by atoms with Gasteiger partial charge in [-0.05, 0) is 51.9 Å². The minimum absolute atomic E-state index is 0.923. The first-order valence-electron chi connectivity index (χ1n) is 5.49. The molecule has 0 saturated heterocycles. The zero-order chi connectivity index (χ0) is 9.68. The first-order valence-corrected chi connectivity index (χ1v) is 5.49. The Morgan fingerprint density at radius 1 is 1.54 bits per heavy atom. The summed E-state index contributed by atoms with van der Waals surface area (Å²) >= 11 is 0. The Kier molecular flexibility index (Phi) is 4.27. The third kappa shape index (κ3) is 4.31. The van der Waals surface area contributed by atoms with Crippen LogP contribution in [-0.2, 0) is 0 Å². The minimum Gasteiger partial charge on any atom is -0.0856 e. The van der Waals surface area contributed by atoms with Gasteiger partial charge in [0.15, 0.2) is 0 Å². The molecule has 0 saturated carbocycles.